The second-order valence-corrected chi connectivity index (χ2v) is 19.2. The number of esters is 6. The first kappa shape index (κ1) is 50.5. The summed E-state index contributed by atoms with van der Waals surface area (Å²) in [5.74, 6) is -44.1. The summed E-state index contributed by atoms with van der Waals surface area (Å²) in [5.41, 5.74) is -15.2. The van der Waals surface area contributed by atoms with E-state index < -0.39 is 246 Å². The fourth-order valence-corrected chi connectivity index (χ4v) is 11.6. The molecule has 0 aromatic heterocycles. The smallest absolute Gasteiger partial charge is 0.346 e. The number of fused-ring (bicyclic) bond motifs is 6. The predicted molar refractivity (Wildman–Crippen MR) is 232 cm³/mol. The molecule has 9 aliphatic rings. The average Bonchev–Trinajstić information content (AvgIpc) is 1.63. The number of aromatic hydroxyl groups is 11. The zero-order valence-corrected chi connectivity index (χ0v) is 38.8. The van der Waals surface area contributed by atoms with Crippen LogP contribution in [0.4, 0.5) is 0 Å². The Balaban J connectivity index is 1.13. The summed E-state index contributed by atoms with van der Waals surface area (Å²) in [6, 6.07) is 2.22. The highest BCUT2D eigenvalue weighted by molar-refractivity contribution is 6.07. The maximum Gasteiger partial charge on any atom is 0.346 e. The fraction of sp³-hybridized carbons (Fsp3) is 0.340. The Morgan fingerprint density at radius 1 is 0.582 bits per heavy atom. The normalized spacial score (nSPS) is 34.6. The topological polar surface area (TPSA) is 515 Å². The van der Waals surface area contributed by atoms with E-state index in [0.29, 0.717) is 30.3 Å². The molecule has 4 aromatic carbocycles. The van der Waals surface area contributed by atoms with Crippen molar-refractivity contribution in [2.75, 3.05) is 13.2 Å². The molecule has 32 nitrogen and oxygen atoms in total. The van der Waals surface area contributed by atoms with Gasteiger partial charge < -0.3 is 124 Å². The van der Waals surface area contributed by atoms with Gasteiger partial charge in [-0.25, -0.2) is 24.0 Å². The molecule has 5 saturated heterocycles. The molecule has 8 aliphatic heterocycles. The van der Waals surface area contributed by atoms with E-state index in [9.17, 15) is 101 Å². The summed E-state index contributed by atoms with van der Waals surface area (Å²) >= 11 is 0. The minimum absolute atomic E-state index is 0.356. The average molecular weight is 1110 g/mol. The number of hydrogen-bond acceptors (Lipinski definition) is 32. The summed E-state index contributed by atoms with van der Waals surface area (Å²) in [6.45, 7) is -2.46. The van der Waals surface area contributed by atoms with Gasteiger partial charge in [-0.15, -0.1) is 0 Å². The van der Waals surface area contributed by atoms with Crippen LogP contribution >= 0.6 is 0 Å². The van der Waals surface area contributed by atoms with Crippen LogP contribution in [0.5, 0.6) is 69.0 Å². The Hall–Kier alpha value is -9.31. The molecule has 15 N–H and O–H groups in total. The molecular weight excluding hydrogens is 1080 g/mol. The van der Waals surface area contributed by atoms with Gasteiger partial charge in [0.15, 0.2) is 75.8 Å². The lowest BCUT2D eigenvalue weighted by Gasteiger charge is -2.64. The van der Waals surface area contributed by atoms with Gasteiger partial charge in [0.1, 0.15) is 29.8 Å². The van der Waals surface area contributed by atoms with Gasteiger partial charge in [-0.05, 0) is 30.3 Å². The minimum atomic E-state index is -4.05. The van der Waals surface area contributed by atoms with Crippen LogP contribution in [0.3, 0.4) is 0 Å². The van der Waals surface area contributed by atoms with Gasteiger partial charge >= 0.3 is 35.8 Å². The molecule has 2 unspecified atom stereocenters. The third-order valence-corrected chi connectivity index (χ3v) is 15.2. The zero-order chi connectivity index (χ0) is 56.9. The number of phenols is 11. The van der Waals surface area contributed by atoms with Gasteiger partial charge in [0.25, 0.3) is 11.6 Å². The third kappa shape index (κ3) is 6.05. The molecule has 2 spiro atoms. The molecule has 13 atom stereocenters. The molecule has 0 amide bonds. The van der Waals surface area contributed by atoms with E-state index in [2.05, 4.69) is 0 Å². The van der Waals surface area contributed by atoms with Gasteiger partial charge in [-0.1, -0.05) is 0 Å². The van der Waals surface area contributed by atoms with Crippen LogP contribution < -0.4 is 4.74 Å². The first-order valence-corrected chi connectivity index (χ1v) is 22.8. The van der Waals surface area contributed by atoms with Crippen molar-refractivity contribution in [1.29, 1.82) is 0 Å². The van der Waals surface area contributed by atoms with Crippen LogP contribution in [0.1, 0.15) is 59.3 Å². The molecule has 4 aromatic rings. The summed E-state index contributed by atoms with van der Waals surface area (Å²) in [4.78, 5) is 104. The second-order valence-electron chi connectivity index (χ2n) is 19.2. The lowest BCUT2D eigenvalue weighted by Crippen LogP contribution is -2.88. The highest BCUT2D eigenvalue weighted by Gasteiger charge is 2.97. The molecule has 1 aliphatic carbocycles. The Morgan fingerprint density at radius 3 is 1.90 bits per heavy atom. The highest BCUT2D eigenvalue weighted by Crippen LogP contribution is 2.76. The molecule has 8 bridgehead atoms. The summed E-state index contributed by atoms with van der Waals surface area (Å²) < 4.78 is 56.9. The summed E-state index contributed by atoms with van der Waals surface area (Å²) in [6.07, 6.45) is -19.6. The number of carbonyl (C=O) groups is 7. The first-order chi connectivity index (χ1) is 37.1. The SMILES string of the molecule is O=C(O[C@@H]1O[C@@H]2COC(=O)c3cc(O)c(O)c(O)c3-c3cc(c(O)c(O)c3O)C(=O)O[C@H]3[C@H]1OC(=O)c1cc(O)c(O)c4c1C1[C@@](O)(O4)[C@]4(O)O[C@@]5(C(=O)O[C@@H]6C(O)CO[C@]65O)[C@]1(CC4=O)C(=O)O[C@@H]32)c1cc(O)c(O)c(O)c1. The number of cyclic esters (lactones) is 1. The maximum atomic E-state index is 16.2. The van der Waals surface area contributed by atoms with Crippen molar-refractivity contribution in [2.24, 2.45) is 5.41 Å². The van der Waals surface area contributed by atoms with Crippen molar-refractivity contribution in [2.45, 2.75) is 78.2 Å². The van der Waals surface area contributed by atoms with E-state index in [-0.39, 0.29) is 0 Å². The number of carbonyl (C=O) groups excluding carboxylic acids is 7. The summed E-state index contributed by atoms with van der Waals surface area (Å²) in [5, 5.41) is 167. The van der Waals surface area contributed by atoms with Crippen molar-refractivity contribution >= 4 is 41.6 Å². The molecule has 1 saturated carbocycles. The number of aliphatic hydroxyl groups is 4. The lowest BCUT2D eigenvalue weighted by molar-refractivity contribution is -0.459. The summed E-state index contributed by atoms with van der Waals surface area (Å²) in [7, 11) is 0. The van der Waals surface area contributed by atoms with Gasteiger partial charge in [0, 0.05) is 23.1 Å². The van der Waals surface area contributed by atoms with Crippen LogP contribution in [0, 0.1) is 5.41 Å². The Kier molecular flexibility index (Phi) is 10.2. The lowest BCUT2D eigenvalue weighted by atomic mass is 9.47. The molecule has 0 radical (unpaired) electrons. The largest absolute Gasteiger partial charge is 0.504 e. The second kappa shape index (κ2) is 15.9. The molecule has 79 heavy (non-hydrogen) atoms. The van der Waals surface area contributed by atoms with Gasteiger partial charge in [-0.2, -0.15) is 0 Å². The number of benzene rings is 4. The van der Waals surface area contributed by atoms with Crippen LogP contribution in [0.2, 0.25) is 0 Å². The van der Waals surface area contributed by atoms with E-state index in [1.165, 1.54) is 0 Å². The van der Waals surface area contributed by atoms with E-state index in [4.69, 9.17) is 47.4 Å². The minimum Gasteiger partial charge on any atom is -0.504 e. The Morgan fingerprint density at radius 2 is 1.20 bits per heavy atom. The fourth-order valence-electron chi connectivity index (χ4n) is 11.6. The molecular formula is C47H34O32. The number of ether oxygens (including phenoxy) is 10. The predicted octanol–water partition coefficient (Wildman–Crippen LogP) is -2.87. The number of aliphatic hydroxyl groups excluding tert-OH is 1. The van der Waals surface area contributed by atoms with Crippen LogP contribution in [-0.4, -0.2) is 197 Å². The van der Waals surface area contributed by atoms with Crippen LogP contribution in [-0.2, 0) is 57.0 Å². The van der Waals surface area contributed by atoms with Crippen molar-refractivity contribution in [3.63, 3.8) is 0 Å². The number of Topliss-reactive ketones (excluding diaryl/α,β-unsaturated/α-hetero) is 1. The molecule has 8 heterocycles. The van der Waals surface area contributed by atoms with E-state index >= 15 is 9.59 Å². The maximum absolute atomic E-state index is 16.2. The first-order valence-electron chi connectivity index (χ1n) is 22.8. The van der Waals surface area contributed by atoms with Crippen molar-refractivity contribution in [3.8, 4) is 80.1 Å². The number of ketones is 1. The van der Waals surface area contributed by atoms with Crippen molar-refractivity contribution in [1.82, 2.24) is 0 Å². The quantitative estimate of drug-likeness (QED) is 0.0545. The molecule has 13 rings (SSSR count). The van der Waals surface area contributed by atoms with Gasteiger partial charge in [0.2, 0.25) is 41.0 Å². The van der Waals surface area contributed by atoms with Gasteiger partial charge in [0.05, 0.1) is 29.2 Å². The van der Waals surface area contributed by atoms with E-state index in [1.54, 1.807) is 0 Å². The van der Waals surface area contributed by atoms with E-state index in [1.807, 2.05) is 0 Å². The number of rotatable bonds is 2. The van der Waals surface area contributed by atoms with E-state index in [0.717, 1.165) is 0 Å². The van der Waals surface area contributed by atoms with Crippen molar-refractivity contribution in [3.05, 3.63) is 58.1 Å². The molecule has 32 heteroatoms. The van der Waals surface area contributed by atoms with Crippen molar-refractivity contribution < 1.29 is 158 Å². The standard InChI is InChI=1S/C47H34O32/c48-14-1-9(2-15(49)25(14)56)36(61)77-40-33-32-30(19(72-40)8-70-37(62)11-4-16(50)26(57)28(59)21(11)10-3-13(39(64)73-32)24(55)29(60)23(10)54)75-41(65)43-6-20(53)45(67,79-44(43)42(66)76-35-18(52)7-71-47(35,44)69)46(68)34(43)22-12(38(63)74-33)5-17(51)27(58)31(22)78-46/h1-5,18-19,30,32-35,40,48-52,54-60,67-69H,6-8H2/t18?,19-,30-,32-,33-,34?,35-,40+,43+,44+,45-,46-,47-/m1/s1. The Labute approximate surface area is 433 Å². The third-order valence-electron chi connectivity index (χ3n) is 15.2. The molecule has 414 valence electrons. The monoisotopic (exact) mass is 1110 g/mol. The van der Waals surface area contributed by atoms with Gasteiger partial charge in [-0.3, -0.25) is 9.59 Å². The zero-order valence-electron chi connectivity index (χ0n) is 38.8. The van der Waals surface area contributed by atoms with Crippen LogP contribution in [0.15, 0.2) is 30.3 Å². The highest BCUT2D eigenvalue weighted by atomic mass is 16.8. The molecule has 6 fully saturated rings. The van der Waals surface area contributed by atoms with Crippen LogP contribution in [0.25, 0.3) is 11.1 Å². The number of hydrogen-bond donors (Lipinski definition) is 15. The number of phenolic OH excluding ortho intramolecular Hbond substituents is 11. The Bertz CT molecular complexity index is 3530.